The monoisotopic (exact) mass is 341 g/mol. The number of piperidine rings is 1. The molecule has 1 fully saturated rings. The highest BCUT2D eigenvalue weighted by molar-refractivity contribution is 5.47. The minimum atomic E-state index is -0.277. The zero-order valence-electron chi connectivity index (χ0n) is 14.1. The van der Waals surface area contributed by atoms with Gasteiger partial charge in [-0.05, 0) is 25.0 Å². The van der Waals surface area contributed by atoms with Gasteiger partial charge >= 0.3 is 0 Å². The van der Waals surface area contributed by atoms with E-state index in [1.54, 1.807) is 18.5 Å². The Balaban J connectivity index is 1.54. The van der Waals surface area contributed by atoms with Gasteiger partial charge in [0.15, 0.2) is 11.6 Å². The minimum absolute atomic E-state index is 0.227. The highest BCUT2D eigenvalue weighted by Gasteiger charge is 2.27. The van der Waals surface area contributed by atoms with Crippen LogP contribution in [0.15, 0.2) is 36.9 Å². The topological polar surface area (TPSA) is 64.7 Å². The van der Waals surface area contributed by atoms with Crippen LogP contribution in [0.25, 0.3) is 0 Å². The van der Waals surface area contributed by atoms with E-state index in [9.17, 15) is 4.39 Å². The van der Waals surface area contributed by atoms with Crippen molar-refractivity contribution in [1.82, 2.24) is 29.5 Å². The summed E-state index contributed by atoms with van der Waals surface area (Å²) >= 11 is 0. The summed E-state index contributed by atoms with van der Waals surface area (Å²) in [6, 6.07) is 3.62. The van der Waals surface area contributed by atoms with Crippen molar-refractivity contribution in [2.24, 2.45) is 7.05 Å². The fourth-order valence-electron chi connectivity index (χ4n) is 3.44. The first-order valence-corrected chi connectivity index (χ1v) is 8.42. The Morgan fingerprint density at radius 2 is 2.20 bits per heavy atom. The number of hydrogen-bond donors (Lipinski definition) is 0. The van der Waals surface area contributed by atoms with Gasteiger partial charge in [-0.2, -0.15) is 5.10 Å². The minimum Gasteiger partial charge on any atom is -0.368 e. The average molecular weight is 341 g/mol. The third-order valence-corrected chi connectivity index (χ3v) is 4.74. The van der Waals surface area contributed by atoms with Gasteiger partial charge in [0.1, 0.15) is 12.4 Å². The number of rotatable bonds is 4. The number of pyridine rings is 1. The zero-order valence-corrected chi connectivity index (χ0v) is 14.1. The average Bonchev–Trinajstić information content (AvgIpc) is 3.27. The first-order valence-electron chi connectivity index (χ1n) is 8.42. The second kappa shape index (κ2) is 6.62. The van der Waals surface area contributed by atoms with Crippen molar-refractivity contribution in [2.45, 2.75) is 25.3 Å². The Morgan fingerprint density at radius 1 is 1.28 bits per heavy atom. The van der Waals surface area contributed by atoms with Crippen LogP contribution >= 0.6 is 0 Å². The van der Waals surface area contributed by atoms with Crippen LogP contribution in [0.4, 0.5) is 10.1 Å². The molecule has 4 rings (SSSR count). The van der Waals surface area contributed by atoms with Crippen LogP contribution < -0.4 is 4.90 Å². The van der Waals surface area contributed by atoms with Crippen LogP contribution in [0.2, 0.25) is 0 Å². The van der Waals surface area contributed by atoms with Gasteiger partial charge in [-0.3, -0.25) is 9.67 Å². The molecule has 25 heavy (non-hydrogen) atoms. The van der Waals surface area contributed by atoms with Gasteiger partial charge in [0.25, 0.3) is 0 Å². The third kappa shape index (κ3) is 3.11. The van der Waals surface area contributed by atoms with Crippen LogP contribution in [0.1, 0.15) is 30.4 Å². The first kappa shape index (κ1) is 15.7. The molecule has 0 radical (unpaired) electrons. The van der Waals surface area contributed by atoms with Gasteiger partial charge in [0, 0.05) is 44.6 Å². The molecule has 4 heterocycles. The van der Waals surface area contributed by atoms with E-state index in [0.29, 0.717) is 12.2 Å². The molecule has 1 aliphatic heterocycles. The summed E-state index contributed by atoms with van der Waals surface area (Å²) in [6.07, 6.45) is 8.57. The summed E-state index contributed by atoms with van der Waals surface area (Å²) in [5, 5.41) is 13.0. The maximum Gasteiger partial charge on any atom is 0.164 e. The molecule has 0 aliphatic carbocycles. The molecule has 1 aliphatic rings. The molecule has 130 valence electrons. The molecule has 0 amide bonds. The van der Waals surface area contributed by atoms with Crippen molar-refractivity contribution < 1.29 is 4.39 Å². The second-order valence-corrected chi connectivity index (χ2v) is 6.35. The van der Waals surface area contributed by atoms with Crippen molar-refractivity contribution in [1.29, 1.82) is 0 Å². The third-order valence-electron chi connectivity index (χ3n) is 4.74. The Hall–Kier alpha value is -2.77. The standard InChI is InChI=1S/C17H20FN7/c1-23-16(12-25-9-3-6-20-25)21-22-17(23)13-4-2-8-24(11-13)15-5-7-19-10-14(15)18/h3,5-7,9-10,13H,2,4,8,11-12H2,1H3/t13-/m0/s1. The molecule has 0 spiro atoms. The molecular weight excluding hydrogens is 321 g/mol. The zero-order chi connectivity index (χ0) is 17.2. The molecule has 0 bridgehead atoms. The molecule has 3 aromatic heterocycles. The van der Waals surface area contributed by atoms with Crippen LogP contribution in [0.5, 0.6) is 0 Å². The van der Waals surface area contributed by atoms with E-state index in [1.165, 1.54) is 6.20 Å². The predicted molar refractivity (Wildman–Crippen MR) is 90.7 cm³/mol. The molecule has 0 N–H and O–H groups in total. The lowest BCUT2D eigenvalue weighted by atomic mass is 9.96. The van der Waals surface area contributed by atoms with Crippen molar-refractivity contribution in [3.05, 3.63) is 54.4 Å². The van der Waals surface area contributed by atoms with Gasteiger partial charge in [-0.25, -0.2) is 4.39 Å². The fraction of sp³-hybridized carbons (Fsp3) is 0.412. The van der Waals surface area contributed by atoms with Crippen molar-refractivity contribution in [3.63, 3.8) is 0 Å². The van der Waals surface area contributed by atoms with Crippen LogP contribution in [-0.2, 0) is 13.6 Å². The molecule has 0 saturated carbocycles. The van der Waals surface area contributed by atoms with E-state index in [1.807, 2.05) is 28.6 Å². The van der Waals surface area contributed by atoms with E-state index in [-0.39, 0.29) is 11.7 Å². The number of halogens is 1. The summed E-state index contributed by atoms with van der Waals surface area (Å²) in [4.78, 5) is 5.91. The lowest BCUT2D eigenvalue weighted by Crippen LogP contribution is -2.36. The largest absolute Gasteiger partial charge is 0.368 e. The molecular formula is C17H20FN7. The highest BCUT2D eigenvalue weighted by atomic mass is 19.1. The Morgan fingerprint density at radius 3 is 3.00 bits per heavy atom. The summed E-state index contributed by atoms with van der Waals surface area (Å²) in [5.41, 5.74) is 0.610. The van der Waals surface area contributed by atoms with Gasteiger partial charge in [0.05, 0.1) is 11.9 Å². The highest BCUT2D eigenvalue weighted by Crippen LogP contribution is 2.30. The Labute approximate surface area is 145 Å². The molecule has 0 unspecified atom stereocenters. The van der Waals surface area contributed by atoms with E-state index in [2.05, 4.69) is 25.2 Å². The maximum atomic E-state index is 14.1. The SMILES string of the molecule is Cn1c(Cn2cccn2)nnc1[C@H]1CCCN(c2ccncc2F)C1. The quantitative estimate of drug-likeness (QED) is 0.726. The fourth-order valence-corrected chi connectivity index (χ4v) is 3.44. The van der Waals surface area contributed by atoms with Crippen molar-refractivity contribution in [3.8, 4) is 0 Å². The van der Waals surface area contributed by atoms with Crippen LogP contribution in [0, 0.1) is 5.82 Å². The summed E-state index contributed by atoms with van der Waals surface area (Å²) in [7, 11) is 1.99. The summed E-state index contributed by atoms with van der Waals surface area (Å²) < 4.78 is 17.9. The lowest BCUT2D eigenvalue weighted by Gasteiger charge is -2.34. The number of aromatic nitrogens is 6. The van der Waals surface area contributed by atoms with E-state index in [0.717, 1.165) is 37.6 Å². The summed E-state index contributed by atoms with van der Waals surface area (Å²) in [5.74, 6) is 1.76. The van der Waals surface area contributed by atoms with E-state index < -0.39 is 0 Å². The first-order chi connectivity index (χ1) is 12.2. The molecule has 1 atom stereocenters. The molecule has 8 heteroatoms. The molecule has 3 aromatic rings. The smallest absolute Gasteiger partial charge is 0.164 e. The lowest BCUT2D eigenvalue weighted by molar-refractivity contribution is 0.471. The van der Waals surface area contributed by atoms with Gasteiger partial charge in [0.2, 0.25) is 0 Å². The second-order valence-electron chi connectivity index (χ2n) is 6.35. The van der Waals surface area contributed by atoms with Gasteiger partial charge in [-0.1, -0.05) is 0 Å². The molecule has 1 saturated heterocycles. The summed E-state index contributed by atoms with van der Waals surface area (Å²) in [6.45, 7) is 2.16. The molecule has 7 nitrogen and oxygen atoms in total. The van der Waals surface area contributed by atoms with Crippen LogP contribution in [-0.4, -0.2) is 42.6 Å². The van der Waals surface area contributed by atoms with E-state index >= 15 is 0 Å². The number of hydrogen-bond acceptors (Lipinski definition) is 5. The van der Waals surface area contributed by atoms with Crippen molar-refractivity contribution in [2.75, 3.05) is 18.0 Å². The van der Waals surface area contributed by atoms with Crippen molar-refractivity contribution >= 4 is 5.69 Å². The molecule has 0 aromatic carbocycles. The Bertz CT molecular complexity index is 843. The number of nitrogens with zero attached hydrogens (tertiary/aromatic N) is 7. The van der Waals surface area contributed by atoms with Gasteiger partial charge in [-0.15, -0.1) is 10.2 Å². The normalized spacial score (nSPS) is 17.8. The number of anilines is 1. The van der Waals surface area contributed by atoms with Gasteiger partial charge < -0.3 is 9.47 Å². The van der Waals surface area contributed by atoms with E-state index in [4.69, 9.17) is 0 Å². The Kier molecular flexibility index (Phi) is 4.17. The van der Waals surface area contributed by atoms with Crippen LogP contribution in [0.3, 0.4) is 0 Å². The predicted octanol–water partition coefficient (Wildman–Crippen LogP) is 1.98. The maximum absolute atomic E-state index is 14.1.